The van der Waals surface area contributed by atoms with E-state index in [0.717, 1.165) is 16.5 Å². The zero-order chi connectivity index (χ0) is 15.4. The smallest absolute Gasteiger partial charge is 0.308 e. The number of carboxylic acids is 1. The van der Waals surface area contributed by atoms with E-state index in [9.17, 15) is 9.59 Å². The molecule has 0 aliphatic rings. The van der Waals surface area contributed by atoms with Gasteiger partial charge in [0.15, 0.2) is 0 Å². The Bertz CT molecular complexity index is 668. The second kappa shape index (κ2) is 6.91. The molecule has 0 aliphatic carbocycles. The van der Waals surface area contributed by atoms with E-state index in [-0.39, 0.29) is 12.5 Å². The number of carbonyl (C=O) groups is 2. The van der Waals surface area contributed by atoms with Crippen molar-refractivity contribution in [3.05, 3.63) is 34.2 Å². The van der Waals surface area contributed by atoms with Crippen molar-refractivity contribution in [2.45, 2.75) is 19.8 Å². The largest absolute Gasteiger partial charge is 0.481 e. The number of thiophene rings is 1. The monoisotopic (exact) mass is 325 g/mol. The fourth-order valence-corrected chi connectivity index (χ4v) is 3.55. The molecule has 0 bridgehead atoms. The van der Waals surface area contributed by atoms with Gasteiger partial charge in [-0.1, -0.05) is 43.1 Å². The summed E-state index contributed by atoms with van der Waals surface area (Å²) >= 11 is 7.54. The third-order valence-electron chi connectivity index (χ3n) is 3.24. The van der Waals surface area contributed by atoms with E-state index in [2.05, 4.69) is 5.32 Å². The molecule has 1 atom stereocenters. The molecular weight excluding hydrogens is 310 g/mol. The number of amides is 1. The van der Waals surface area contributed by atoms with Crippen molar-refractivity contribution in [1.29, 1.82) is 0 Å². The van der Waals surface area contributed by atoms with Gasteiger partial charge in [-0.2, -0.15) is 0 Å². The molecular formula is C15H16ClNO3S. The van der Waals surface area contributed by atoms with Crippen LogP contribution in [-0.4, -0.2) is 23.5 Å². The first-order valence-corrected chi connectivity index (χ1v) is 7.92. The van der Waals surface area contributed by atoms with Gasteiger partial charge in [0.25, 0.3) is 5.91 Å². The van der Waals surface area contributed by atoms with Crippen molar-refractivity contribution in [2.75, 3.05) is 6.54 Å². The van der Waals surface area contributed by atoms with Crippen LogP contribution < -0.4 is 5.32 Å². The fourth-order valence-electron chi connectivity index (χ4n) is 2.12. The van der Waals surface area contributed by atoms with E-state index in [1.807, 2.05) is 31.2 Å². The normalized spacial score (nSPS) is 12.3. The number of halogens is 1. The highest BCUT2D eigenvalue weighted by Gasteiger charge is 2.20. The Labute approximate surface area is 131 Å². The van der Waals surface area contributed by atoms with Crippen molar-refractivity contribution < 1.29 is 14.7 Å². The highest BCUT2D eigenvalue weighted by atomic mass is 35.5. The molecule has 6 heteroatoms. The number of hydrogen-bond donors (Lipinski definition) is 2. The van der Waals surface area contributed by atoms with Gasteiger partial charge < -0.3 is 10.4 Å². The number of aliphatic carboxylic acids is 1. The quantitative estimate of drug-likeness (QED) is 0.849. The second-order valence-corrected chi connectivity index (χ2v) is 6.21. The van der Waals surface area contributed by atoms with Crippen molar-refractivity contribution in [3.63, 3.8) is 0 Å². The molecule has 0 radical (unpaired) electrons. The first-order valence-electron chi connectivity index (χ1n) is 6.72. The van der Waals surface area contributed by atoms with Gasteiger partial charge in [0, 0.05) is 16.6 Å². The van der Waals surface area contributed by atoms with E-state index in [4.69, 9.17) is 16.7 Å². The van der Waals surface area contributed by atoms with Crippen LogP contribution in [0.15, 0.2) is 24.3 Å². The molecule has 0 aliphatic heterocycles. The van der Waals surface area contributed by atoms with Crippen molar-refractivity contribution in [2.24, 2.45) is 5.92 Å². The van der Waals surface area contributed by atoms with Gasteiger partial charge in [-0.15, -0.1) is 11.3 Å². The van der Waals surface area contributed by atoms with Crippen LogP contribution in [0.25, 0.3) is 10.1 Å². The summed E-state index contributed by atoms with van der Waals surface area (Å²) in [4.78, 5) is 23.7. The third kappa shape index (κ3) is 3.54. The fraction of sp³-hybridized carbons (Fsp3) is 0.333. The molecule has 0 spiro atoms. The lowest BCUT2D eigenvalue weighted by Crippen LogP contribution is -2.32. The molecule has 2 aromatic rings. The molecule has 1 aromatic carbocycles. The van der Waals surface area contributed by atoms with Crippen LogP contribution in [0.4, 0.5) is 0 Å². The Morgan fingerprint density at radius 3 is 2.71 bits per heavy atom. The first kappa shape index (κ1) is 15.8. The van der Waals surface area contributed by atoms with Crippen molar-refractivity contribution in [1.82, 2.24) is 5.32 Å². The summed E-state index contributed by atoms with van der Waals surface area (Å²) < 4.78 is 0.941. The molecule has 0 saturated heterocycles. The minimum atomic E-state index is -0.889. The summed E-state index contributed by atoms with van der Waals surface area (Å²) in [6.07, 6.45) is 1.30. The topological polar surface area (TPSA) is 66.4 Å². The summed E-state index contributed by atoms with van der Waals surface area (Å²) in [6.45, 7) is 2.03. The van der Waals surface area contributed by atoms with Crippen LogP contribution in [0.5, 0.6) is 0 Å². The summed E-state index contributed by atoms with van der Waals surface area (Å²) in [6, 6.07) is 7.52. The maximum absolute atomic E-state index is 12.2. The average Bonchev–Trinajstić information content (AvgIpc) is 2.80. The standard InChI is InChI=1S/C15H16ClNO3S/c1-2-5-9(15(19)20)8-17-14(18)13-12(16)10-6-3-4-7-11(10)21-13/h3-4,6-7,9H,2,5,8H2,1H3,(H,17,18)(H,19,20). The summed E-state index contributed by atoms with van der Waals surface area (Å²) in [7, 11) is 0. The zero-order valence-corrected chi connectivity index (χ0v) is 13.1. The van der Waals surface area contributed by atoms with Crippen molar-refractivity contribution >= 4 is 44.9 Å². The van der Waals surface area contributed by atoms with Gasteiger partial charge in [-0.3, -0.25) is 9.59 Å². The average molecular weight is 326 g/mol. The van der Waals surface area contributed by atoms with Gasteiger partial charge in [-0.05, 0) is 12.5 Å². The number of benzene rings is 1. The van der Waals surface area contributed by atoms with Crippen LogP contribution >= 0.6 is 22.9 Å². The van der Waals surface area contributed by atoms with Crippen molar-refractivity contribution in [3.8, 4) is 0 Å². The number of rotatable bonds is 6. The Balaban J connectivity index is 2.12. The second-order valence-electron chi connectivity index (χ2n) is 4.78. The molecule has 0 saturated carbocycles. The molecule has 21 heavy (non-hydrogen) atoms. The highest BCUT2D eigenvalue weighted by molar-refractivity contribution is 7.21. The summed E-state index contributed by atoms with van der Waals surface area (Å²) in [5, 5.41) is 13.0. The predicted molar refractivity (Wildman–Crippen MR) is 85.2 cm³/mol. The summed E-state index contributed by atoms with van der Waals surface area (Å²) in [5.74, 6) is -1.77. The zero-order valence-electron chi connectivity index (χ0n) is 11.6. The summed E-state index contributed by atoms with van der Waals surface area (Å²) in [5.41, 5.74) is 0. The predicted octanol–water partition coefficient (Wildman–Crippen LogP) is 3.79. The number of nitrogens with one attached hydrogen (secondary N) is 1. The van der Waals surface area contributed by atoms with E-state index >= 15 is 0 Å². The van der Waals surface area contributed by atoms with Gasteiger partial charge in [0.2, 0.25) is 0 Å². The molecule has 4 nitrogen and oxygen atoms in total. The lowest BCUT2D eigenvalue weighted by atomic mass is 10.0. The third-order valence-corrected chi connectivity index (χ3v) is 4.91. The van der Waals surface area contributed by atoms with E-state index < -0.39 is 11.9 Å². The molecule has 1 unspecified atom stereocenters. The number of carboxylic acid groups (broad SMARTS) is 1. The minimum Gasteiger partial charge on any atom is -0.481 e. The van der Waals surface area contributed by atoms with Gasteiger partial charge in [0.1, 0.15) is 4.88 Å². The number of carbonyl (C=O) groups excluding carboxylic acids is 1. The van der Waals surface area contributed by atoms with Crippen LogP contribution in [-0.2, 0) is 4.79 Å². The minimum absolute atomic E-state index is 0.118. The first-order chi connectivity index (χ1) is 10.0. The molecule has 112 valence electrons. The molecule has 1 amide bonds. The maximum Gasteiger partial charge on any atom is 0.308 e. The number of hydrogen-bond acceptors (Lipinski definition) is 3. The van der Waals surface area contributed by atoms with Crippen LogP contribution in [0.3, 0.4) is 0 Å². The molecule has 1 aromatic heterocycles. The molecule has 0 fully saturated rings. The van der Waals surface area contributed by atoms with Gasteiger partial charge in [0.05, 0.1) is 10.9 Å². The molecule has 2 rings (SSSR count). The Morgan fingerprint density at radius 2 is 2.10 bits per heavy atom. The van der Waals surface area contributed by atoms with Gasteiger partial charge in [-0.25, -0.2) is 0 Å². The molecule has 2 N–H and O–H groups in total. The van der Waals surface area contributed by atoms with Gasteiger partial charge >= 0.3 is 5.97 Å². The van der Waals surface area contributed by atoms with E-state index in [1.54, 1.807) is 0 Å². The Hall–Kier alpha value is -1.59. The van der Waals surface area contributed by atoms with E-state index in [1.165, 1.54) is 11.3 Å². The maximum atomic E-state index is 12.2. The number of fused-ring (bicyclic) bond motifs is 1. The lowest BCUT2D eigenvalue weighted by molar-refractivity contribution is -0.141. The van der Waals surface area contributed by atoms with E-state index in [0.29, 0.717) is 16.3 Å². The SMILES string of the molecule is CCCC(CNC(=O)c1sc2ccccc2c1Cl)C(=O)O. The lowest BCUT2D eigenvalue weighted by Gasteiger charge is -2.11. The Morgan fingerprint density at radius 1 is 1.38 bits per heavy atom. The Kier molecular flexibility index (Phi) is 5.20. The highest BCUT2D eigenvalue weighted by Crippen LogP contribution is 2.34. The van der Waals surface area contributed by atoms with Crippen LogP contribution in [0.2, 0.25) is 5.02 Å². The van der Waals surface area contributed by atoms with Crippen LogP contribution in [0.1, 0.15) is 29.4 Å². The van der Waals surface area contributed by atoms with Crippen LogP contribution in [0, 0.1) is 5.92 Å². The molecule has 1 heterocycles.